The first-order valence-electron chi connectivity index (χ1n) is 4.78. The van der Waals surface area contributed by atoms with Gasteiger partial charge in [0.1, 0.15) is 13.2 Å². The summed E-state index contributed by atoms with van der Waals surface area (Å²) in [5.41, 5.74) is 0. The van der Waals surface area contributed by atoms with Gasteiger partial charge < -0.3 is 19.3 Å². The minimum atomic E-state index is -0.407. The van der Waals surface area contributed by atoms with Gasteiger partial charge in [-0.2, -0.15) is 0 Å². The maximum atomic E-state index is 11.0. The smallest absolute Gasteiger partial charge is 0.409 e. The molecule has 0 aliphatic heterocycles. The van der Waals surface area contributed by atoms with Gasteiger partial charge in [-0.15, -0.1) is 0 Å². The summed E-state index contributed by atoms with van der Waals surface area (Å²) in [5, 5.41) is 0. The fourth-order valence-electron chi connectivity index (χ4n) is 0.633. The van der Waals surface area contributed by atoms with Crippen molar-refractivity contribution in [2.75, 3.05) is 41.4 Å². The van der Waals surface area contributed by atoms with Gasteiger partial charge in [0.25, 0.3) is 0 Å². The summed E-state index contributed by atoms with van der Waals surface area (Å²) in [5.74, 6) is 0. The van der Waals surface area contributed by atoms with Crippen LogP contribution in [-0.2, 0) is 9.47 Å². The van der Waals surface area contributed by atoms with Crippen molar-refractivity contribution in [1.29, 1.82) is 0 Å². The van der Waals surface area contributed by atoms with E-state index in [1.54, 1.807) is 40.3 Å². The number of carbonyl (C=O) groups excluding carboxylic acids is 2. The van der Waals surface area contributed by atoms with E-state index in [4.69, 9.17) is 9.47 Å². The standard InChI is InChI=1S/C10H18N2O4/c1-11(2)9(13)15-7-5-6-8-16-10(14)12(3)4/h5-6H,7-8H2,1-4H3/b6-5+. The molecule has 0 bridgehead atoms. The lowest BCUT2D eigenvalue weighted by Gasteiger charge is -2.09. The predicted molar refractivity (Wildman–Crippen MR) is 59.2 cm³/mol. The van der Waals surface area contributed by atoms with Gasteiger partial charge in [-0.3, -0.25) is 0 Å². The van der Waals surface area contributed by atoms with Crippen LogP contribution in [0.25, 0.3) is 0 Å². The van der Waals surface area contributed by atoms with Gasteiger partial charge in [0.15, 0.2) is 0 Å². The highest BCUT2D eigenvalue weighted by Crippen LogP contribution is 1.88. The van der Waals surface area contributed by atoms with Gasteiger partial charge in [0.2, 0.25) is 0 Å². The fraction of sp³-hybridized carbons (Fsp3) is 0.600. The van der Waals surface area contributed by atoms with E-state index in [1.165, 1.54) is 9.80 Å². The fourth-order valence-corrected chi connectivity index (χ4v) is 0.633. The molecular weight excluding hydrogens is 212 g/mol. The lowest BCUT2D eigenvalue weighted by Crippen LogP contribution is -2.23. The summed E-state index contributed by atoms with van der Waals surface area (Å²) in [6.07, 6.45) is 2.42. The normalized spacial score (nSPS) is 10.0. The molecule has 0 aromatic heterocycles. The highest BCUT2D eigenvalue weighted by Gasteiger charge is 2.02. The number of ether oxygens (including phenoxy) is 2. The Balaban J connectivity index is 3.56. The Morgan fingerprint density at radius 1 is 0.875 bits per heavy atom. The molecule has 0 aromatic rings. The molecule has 16 heavy (non-hydrogen) atoms. The van der Waals surface area contributed by atoms with Crippen molar-refractivity contribution in [2.24, 2.45) is 0 Å². The molecule has 0 aromatic carbocycles. The van der Waals surface area contributed by atoms with Gasteiger partial charge in [0, 0.05) is 28.2 Å². The van der Waals surface area contributed by atoms with Crippen molar-refractivity contribution in [3.05, 3.63) is 12.2 Å². The van der Waals surface area contributed by atoms with Crippen molar-refractivity contribution in [3.63, 3.8) is 0 Å². The van der Waals surface area contributed by atoms with Crippen LogP contribution in [0.15, 0.2) is 12.2 Å². The van der Waals surface area contributed by atoms with Gasteiger partial charge in [-0.05, 0) is 12.2 Å². The van der Waals surface area contributed by atoms with E-state index in [0.29, 0.717) is 0 Å². The zero-order chi connectivity index (χ0) is 12.6. The SMILES string of the molecule is CN(C)C(=O)OC/C=C/COC(=O)N(C)C. The summed E-state index contributed by atoms with van der Waals surface area (Å²) in [7, 11) is 6.41. The van der Waals surface area contributed by atoms with Gasteiger partial charge in [-0.1, -0.05) is 0 Å². The molecule has 6 heteroatoms. The molecule has 0 N–H and O–H groups in total. The van der Waals surface area contributed by atoms with Gasteiger partial charge >= 0.3 is 12.2 Å². The van der Waals surface area contributed by atoms with E-state index < -0.39 is 12.2 Å². The van der Waals surface area contributed by atoms with E-state index >= 15 is 0 Å². The van der Waals surface area contributed by atoms with E-state index in [-0.39, 0.29) is 13.2 Å². The van der Waals surface area contributed by atoms with Crippen molar-refractivity contribution in [2.45, 2.75) is 0 Å². The molecule has 0 saturated carbocycles. The number of hydrogen-bond donors (Lipinski definition) is 0. The second-order valence-electron chi connectivity index (χ2n) is 3.41. The maximum absolute atomic E-state index is 11.0. The molecule has 92 valence electrons. The molecule has 0 fully saturated rings. The Hall–Kier alpha value is -1.72. The van der Waals surface area contributed by atoms with Crippen LogP contribution in [0.1, 0.15) is 0 Å². The predicted octanol–water partition coefficient (Wildman–Crippen LogP) is 0.939. The van der Waals surface area contributed by atoms with E-state index in [0.717, 1.165) is 0 Å². The van der Waals surface area contributed by atoms with Crippen molar-refractivity contribution in [3.8, 4) is 0 Å². The van der Waals surface area contributed by atoms with Crippen LogP contribution in [-0.4, -0.2) is 63.4 Å². The van der Waals surface area contributed by atoms with Gasteiger partial charge in [-0.25, -0.2) is 9.59 Å². The lowest BCUT2D eigenvalue weighted by molar-refractivity contribution is 0.125. The molecule has 2 amide bonds. The average molecular weight is 230 g/mol. The van der Waals surface area contributed by atoms with Crippen LogP contribution in [0.2, 0.25) is 0 Å². The van der Waals surface area contributed by atoms with Crippen LogP contribution >= 0.6 is 0 Å². The number of carbonyl (C=O) groups is 2. The van der Waals surface area contributed by atoms with Crippen LogP contribution in [0.5, 0.6) is 0 Å². The molecule has 6 nitrogen and oxygen atoms in total. The minimum absolute atomic E-state index is 0.163. The molecule has 0 rings (SSSR count). The molecule has 0 aliphatic rings. The molecule has 0 atom stereocenters. The second kappa shape index (κ2) is 7.56. The third-order valence-electron chi connectivity index (χ3n) is 1.50. The van der Waals surface area contributed by atoms with Crippen LogP contribution in [0.3, 0.4) is 0 Å². The first-order chi connectivity index (χ1) is 7.45. The number of nitrogens with zero attached hydrogens (tertiary/aromatic N) is 2. The Morgan fingerprint density at radius 3 is 1.44 bits per heavy atom. The maximum Gasteiger partial charge on any atom is 0.409 e. The summed E-state index contributed by atoms with van der Waals surface area (Å²) in [6.45, 7) is 0.326. The minimum Gasteiger partial charge on any atom is -0.445 e. The highest BCUT2D eigenvalue weighted by atomic mass is 16.6. The Kier molecular flexibility index (Phi) is 6.74. The lowest BCUT2D eigenvalue weighted by atomic mass is 10.5. The van der Waals surface area contributed by atoms with Crippen LogP contribution < -0.4 is 0 Å². The molecule has 0 aliphatic carbocycles. The monoisotopic (exact) mass is 230 g/mol. The van der Waals surface area contributed by atoms with E-state index in [2.05, 4.69) is 0 Å². The highest BCUT2D eigenvalue weighted by molar-refractivity contribution is 5.67. The van der Waals surface area contributed by atoms with Crippen molar-refractivity contribution in [1.82, 2.24) is 9.80 Å². The Labute approximate surface area is 95.4 Å². The summed E-state index contributed by atoms with van der Waals surface area (Å²) >= 11 is 0. The van der Waals surface area contributed by atoms with E-state index in [9.17, 15) is 9.59 Å². The summed E-state index contributed by atoms with van der Waals surface area (Å²) < 4.78 is 9.61. The second-order valence-corrected chi connectivity index (χ2v) is 3.41. The number of rotatable bonds is 4. The number of amides is 2. The zero-order valence-electron chi connectivity index (χ0n) is 10.1. The van der Waals surface area contributed by atoms with Crippen LogP contribution in [0.4, 0.5) is 9.59 Å². The molecule has 0 unspecified atom stereocenters. The van der Waals surface area contributed by atoms with Gasteiger partial charge in [0.05, 0.1) is 0 Å². The molecule has 0 saturated heterocycles. The molecule has 0 radical (unpaired) electrons. The zero-order valence-corrected chi connectivity index (χ0v) is 10.1. The quantitative estimate of drug-likeness (QED) is 0.674. The molecule has 0 spiro atoms. The third-order valence-corrected chi connectivity index (χ3v) is 1.50. The summed E-state index contributed by atoms with van der Waals surface area (Å²) in [4.78, 5) is 24.6. The third kappa shape index (κ3) is 6.69. The summed E-state index contributed by atoms with van der Waals surface area (Å²) in [6, 6.07) is 0. The largest absolute Gasteiger partial charge is 0.445 e. The van der Waals surface area contributed by atoms with Crippen molar-refractivity contribution < 1.29 is 19.1 Å². The number of hydrogen-bond acceptors (Lipinski definition) is 4. The Bertz CT molecular complexity index is 236. The molecule has 0 heterocycles. The van der Waals surface area contributed by atoms with Crippen LogP contribution in [0, 0.1) is 0 Å². The topological polar surface area (TPSA) is 59.1 Å². The Morgan fingerprint density at radius 2 is 1.19 bits per heavy atom. The van der Waals surface area contributed by atoms with Crippen molar-refractivity contribution >= 4 is 12.2 Å². The molecular formula is C10H18N2O4. The van der Waals surface area contributed by atoms with E-state index in [1.807, 2.05) is 0 Å². The first-order valence-corrected chi connectivity index (χ1v) is 4.78. The first kappa shape index (κ1) is 14.3. The average Bonchev–Trinajstić information content (AvgIpc) is 2.21.